The molecule has 0 unspecified atom stereocenters. The molecule has 0 heterocycles. The van der Waals surface area contributed by atoms with Crippen molar-refractivity contribution in [2.45, 2.75) is 12.5 Å². The van der Waals surface area contributed by atoms with E-state index in [9.17, 15) is 0 Å². The summed E-state index contributed by atoms with van der Waals surface area (Å²) in [6.45, 7) is 0. The Morgan fingerprint density at radius 1 is 1.18 bits per heavy atom. The van der Waals surface area contributed by atoms with Crippen LogP contribution in [0, 0.1) is 11.3 Å². The predicted octanol–water partition coefficient (Wildman–Crippen LogP) is 1.63. The molecule has 0 saturated carbocycles. The number of ether oxygens (including phenoxy) is 3. The predicted molar refractivity (Wildman–Crippen MR) is 63.3 cm³/mol. The van der Waals surface area contributed by atoms with Crippen LogP contribution in [-0.4, -0.2) is 21.3 Å². The molecule has 0 spiro atoms. The van der Waals surface area contributed by atoms with Crippen LogP contribution < -0.4 is 19.9 Å². The Balaban J connectivity index is 3.29. The highest BCUT2D eigenvalue weighted by atomic mass is 16.5. The van der Waals surface area contributed by atoms with Gasteiger partial charge in [-0.2, -0.15) is 5.26 Å². The summed E-state index contributed by atoms with van der Waals surface area (Å²) in [7, 11) is 4.64. The number of rotatable bonds is 5. The summed E-state index contributed by atoms with van der Waals surface area (Å²) in [5, 5.41) is 8.69. The molecule has 0 radical (unpaired) electrons. The van der Waals surface area contributed by atoms with Crippen molar-refractivity contribution in [1.82, 2.24) is 0 Å². The number of hydrogen-bond acceptors (Lipinski definition) is 5. The van der Waals surface area contributed by atoms with E-state index >= 15 is 0 Å². The molecule has 1 atom stereocenters. The minimum Gasteiger partial charge on any atom is -0.496 e. The number of nitrogens with zero attached hydrogens (tertiary/aromatic N) is 1. The van der Waals surface area contributed by atoms with Crippen molar-refractivity contribution < 1.29 is 14.2 Å². The second-order valence-electron chi connectivity index (χ2n) is 3.41. The van der Waals surface area contributed by atoms with E-state index in [2.05, 4.69) is 0 Å². The van der Waals surface area contributed by atoms with Crippen molar-refractivity contribution >= 4 is 0 Å². The third kappa shape index (κ3) is 2.80. The highest BCUT2D eigenvalue weighted by Crippen LogP contribution is 2.38. The minimum absolute atomic E-state index is 0.194. The maximum absolute atomic E-state index is 8.69. The maximum Gasteiger partial charge on any atom is 0.131 e. The Morgan fingerprint density at radius 2 is 1.71 bits per heavy atom. The van der Waals surface area contributed by atoms with Crippen LogP contribution in [-0.2, 0) is 0 Å². The first kappa shape index (κ1) is 13.1. The fourth-order valence-corrected chi connectivity index (χ4v) is 1.60. The summed E-state index contributed by atoms with van der Waals surface area (Å²) in [5.41, 5.74) is 6.60. The lowest BCUT2D eigenvalue weighted by Gasteiger charge is -2.18. The van der Waals surface area contributed by atoms with Gasteiger partial charge in [0.25, 0.3) is 0 Å². The zero-order valence-electron chi connectivity index (χ0n) is 10.2. The van der Waals surface area contributed by atoms with Gasteiger partial charge in [-0.3, -0.25) is 0 Å². The molecule has 0 amide bonds. The third-order valence-corrected chi connectivity index (χ3v) is 2.44. The van der Waals surface area contributed by atoms with Crippen LogP contribution in [0.4, 0.5) is 0 Å². The van der Waals surface area contributed by atoms with E-state index in [1.54, 1.807) is 19.2 Å². The average molecular weight is 236 g/mol. The minimum atomic E-state index is -0.448. The number of methoxy groups -OCH3 is 3. The highest BCUT2D eigenvalue weighted by Gasteiger charge is 2.19. The zero-order valence-corrected chi connectivity index (χ0v) is 10.2. The molecule has 0 aliphatic carbocycles. The van der Waals surface area contributed by atoms with Gasteiger partial charge in [0.1, 0.15) is 17.2 Å². The number of benzene rings is 1. The second kappa shape index (κ2) is 5.97. The third-order valence-electron chi connectivity index (χ3n) is 2.44. The summed E-state index contributed by atoms with van der Waals surface area (Å²) < 4.78 is 15.6. The van der Waals surface area contributed by atoms with Gasteiger partial charge in [-0.1, -0.05) is 0 Å². The fourth-order valence-electron chi connectivity index (χ4n) is 1.60. The lowest BCUT2D eigenvalue weighted by molar-refractivity contribution is 0.364. The van der Waals surface area contributed by atoms with Crippen molar-refractivity contribution in [1.29, 1.82) is 5.26 Å². The van der Waals surface area contributed by atoms with Crippen LogP contribution in [0.25, 0.3) is 0 Å². The lowest BCUT2D eigenvalue weighted by atomic mass is 10.0. The number of hydrogen-bond donors (Lipinski definition) is 1. The standard InChI is InChI=1S/C12H16N2O3/c1-15-8-6-10(16-2)12(9(14)4-5-13)11(7-8)17-3/h6-7,9H,4,14H2,1-3H3/t9-/m1/s1. The Labute approximate surface area is 101 Å². The summed E-state index contributed by atoms with van der Waals surface area (Å²) in [6, 6.07) is 5.02. The molecule has 0 aliphatic rings. The summed E-state index contributed by atoms with van der Waals surface area (Å²) in [6.07, 6.45) is 0.194. The van der Waals surface area contributed by atoms with Crippen LogP contribution in [0.1, 0.15) is 18.0 Å². The molecule has 1 aromatic carbocycles. The van der Waals surface area contributed by atoms with Gasteiger partial charge in [0.2, 0.25) is 0 Å². The van der Waals surface area contributed by atoms with E-state index < -0.39 is 6.04 Å². The van der Waals surface area contributed by atoms with E-state index in [0.29, 0.717) is 22.8 Å². The first-order valence-corrected chi connectivity index (χ1v) is 5.10. The molecule has 1 aromatic rings. The van der Waals surface area contributed by atoms with E-state index in [0.717, 1.165) is 0 Å². The van der Waals surface area contributed by atoms with Crippen LogP contribution in [0.15, 0.2) is 12.1 Å². The molecule has 92 valence electrons. The second-order valence-corrected chi connectivity index (χ2v) is 3.41. The van der Waals surface area contributed by atoms with Crippen molar-refractivity contribution in [3.05, 3.63) is 17.7 Å². The Hall–Kier alpha value is -1.93. The smallest absolute Gasteiger partial charge is 0.131 e. The SMILES string of the molecule is COc1cc(OC)c([C@H](N)CC#N)c(OC)c1. The molecule has 0 aromatic heterocycles. The average Bonchev–Trinajstić information content (AvgIpc) is 2.37. The number of nitriles is 1. The van der Waals surface area contributed by atoms with Gasteiger partial charge in [0, 0.05) is 12.1 Å². The molecule has 0 saturated heterocycles. The molecule has 0 bridgehead atoms. The summed E-state index contributed by atoms with van der Waals surface area (Å²) >= 11 is 0. The zero-order chi connectivity index (χ0) is 12.8. The number of nitrogens with two attached hydrogens (primary N) is 1. The largest absolute Gasteiger partial charge is 0.496 e. The van der Waals surface area contributed by atoms with Gasteiger partial charge >= 0.3 is 0 Å². The van der Waals surface area contributed by atoms with Crippen molar-refractivity contribution in [2.75, 3.05) is 21.3 Å². The van der Waals surface area contributed by atoms with Gasteiger partial charge in [-0.25, -0.2) is 0 Å². The normalized spacial score (nSPS) is 11.5. The summed E-state index contributed by atoms with van der Waals surface area (Å²) in [5.74, 6) is 1.74. The first-order valence-electron chi connectivity index (χ1n) is 5.10. The summed E-state index contributed by atoms with van der Waals surface area (Å²) in [4.78, 5) is 0. The topological polar surface area (TPSA) is 77.5 Å². The molecule has 0 aliphatic heterocycles. The maximum atomic E-state index is 8.69. The van der Waals surface area contributed by atoms with E-state index in [1.807, 2.05) is 6.07 Å². The Kier molecular flexibility index (Phi) is 4.61. The molecular formula is C12H16N2O3. The fraction of sp³-hybridized carbons (Fsp3) is 0.417. The van der Waals surface area contributed by atoms with Crippen LogP contribution >= 0.6 is 0 Å². The van der Waals surface area contributed by atoms with Gasteiger partial charge < -0.3 is 19.9 Å². The Bertz CT molecular complexity index is 401. The van der Waals surface area contributed by atoms with Gasteiger partial charge in [-0.15, -0.1) is 0 Å². The molecule has 5 nitrogen and oxygen atoms in total. The molecule has 17 heavy (non-hydrogen) atoms. The van der Waals surface area contributed by atoms with Crippen LogP contribution in [0.2, 0.25) is 0 Å². The first-order chi connectivity index (χ1) is 8.17. The molecule has 1 rings (SSSR count). The Morgan fingerprint density at radius 3 is 2.06 bits per heavy atom. The van der Waals surface area contributed by atoms with Crippen LogP contribution in [0.3, 0.4) is 0 Å². The molecule has 2 N–H and O–H groups in total. The van der Waals surface area contributed by atoms with E-state index in [-0.39, 0.29) is 6.42 Å². The van der Waals surface area contributed by atoms with Crippen molar-refractivity contribution in [3.8, 4) is 23.3 Å². The van der Waals surface area contributed by atoms with Crippen molar-refractivity contribution in [3.63, 3.8) is 0 Å². The molecular weight excluding hydrogens is 220 g/mol. The van der Waals surface area contributed by atoms with Crippen molar-refractivity contribution in [2.24, 2.45) is 5.73 Å². The van der Waals surface area contributed by atoms with Gasteiger partial charge in [0.15, 0.2) is 0 Å². The lowest BCUT2D eigenvalue weighted by Crippen LogP contribution is -2.12. The molecule has 5 heteroatoms. The quantitative estimate of drug-likeness (QED) is 0.840. The monoisotopic (exact) mass is 236 g/mol. The van der Waals surface area contributed by atoms with Gasteiger partial charge in [-0.05, 0) is 0 Å². The highest BCUT2D eigenvalue weighted by molar-refractivity contribution is 5.52. The van der Waals surface area contributed by atoms with Crippen LogP contribution in [0.5, 0.6) is 17.2 Å². The molecule has 0 fully saturated rings. The van der Waals surface area contributed by atoms with E-state index in [4.69, 9.17) is 25.2 Å². The van der Waals surface area contributed by atoms with Gasteiger partial charge in [0.05, 0.1) is 45.4 Å². The van der Waals surface area contributed by atoms with E-state index in [1.165, 1.54) is 14.2 Å².